The molecule has 2 aromatic heterocycles. The van der Waals surface area contributed by atoms with Gasteiger partial charge in [0.2, 0.25) is 5.95 Å². The van der Waals surface area contributed by atoms with E-state index in [1.165, 1.54) is 18.5 Å². The summed E-state index contributed by atoms with van der Waals surface area (Å²) in [4.78, 5) is 8.18. The van der Waals surface area contributed by atoms with Crippen LogP contribution in [0.5, 0.6) is 0 Å². The van der Waals surface area contributed by atoms with E-state index in [-0.39, 0.29) is 11.0 Å². The summed E-state index contributed by atoms with van der Waals surface area (Å²) in [6, 6.07) is 7.30. The van der Waals surface area contributed by atoms with Gasteiger partial charge in [0.05, 0.1) is 34.9 Å². The van der Waals surface area contributed by atoms with Crippen LogP contribution in [0.25, 0.3) is 10.9 Å². The summed E-state index contributed by atoms with van der Waals surface area (Å²) in [5.74, 6) is -0.759. The number of halogens is 2. The van der Waals surface area contributed by atoms with Gasteiger partial charge in [0.25, 0.3) is 0 Å². The van der Waals surface area contributed by atoms with Crippen LogP contribution >= 0.6 is 11.6 Å². The van der Waals surface area contributed by atoms with Crippen molar-refractivity contribution >= 4 is 33.9 Å². The highest BCUT2D eigenvalue weighted by molar-refractivity contribution is 6.35. The molecule has 36 heavy (non-hydrogen) atoms. The van der Waals surface area contributed by atoms with Gasteiger partial charge in [0.1, 0.15) is 6.07 Å². The third-order valence-electron chi connectivity index (χ3n) is 5.94. The molecule has 2 aliphatic rings. The standard InChI is InChI=1S/C26H28ClFN8/c1-26(2,3)14-32-22-15(11-29)12-31-23-19(22)9-16(10-20(23)27)33-24(18-5-4-8-30-25(18)28)21-13-36(35-34-21)17-6-7-17/h4-5,8-10,12-13,17,24,33-35H,6-7,14H2,1-3H3,(H,31,32)/t24-/m1/s1/i24D. The van der Waals surface area contributed by atoms with E-state index in [1.807, 2.05) is 5.01 Å². The molecule has 5 rings (SSSR count). The molecule has 1 aliphatic carbocycles. The molecule has 0 saturated heterocycles. The molecule has 1 saturated carbocycles. The van der Waals surface area contributed by atoms with Gasteiger partial charge < -0.3 is 16.1 Å². The Balaban J connectivity index is 1.61. The Morgan fingerprint density at radius 3 is 2.86 bits per heavy atom. The molecule has 1 atom stereocenters. The van der Waals surface area contributed by atoms with E-state index in [0.29, 0.717) is 51.1 Å². The Labute approximate surface area is 215 Å². The summed E-state index contributed by atoms with van der Waals surface area (Å²) in [6.45, 7) is 6.88. The van der Waals surface area contributed by atoms with Gasteiger partial charge in [0.15, 0.2) is 0 Å². The molecular formula is C26H28ClFN8. The first kappa shape index (κ1) is 22.8. The molecule has 1 aromatic carbocycles. The zero-order valence-corrected chi connectivity index (χ0v) is 21.0. The predicted octanol–water partition coefficient (Wildman–Crippen LogP) is 5.23. The maximum atomic E-state index is 15.0. The minimum atomic E-state index is -1.77. The molecule has 186 valence electrons. The lowest BCUT2D eigenvalue weighted by atomic mass is 9.96. The Bertz CT molecular complexity index is 1430. The summed E-state index contributed by atoms with van der Waals surface area (Å²) < 4.78 is 24.4. The van der Waals surface area contributed by atoms with Crippen LogP contribution in [0.2, 0.25) is 5.02 Å². The lowest BCUT2D eigenvalue weighted by Gasteiger charge is -2.23. The second-order valence-corrected chi connectivity index (χ2v) is 10.6. The Morgan fingerprint density at radius 2 is 2.17 bits per heavy atom. The zero-order valence-electron chi connectivity index (χ0n) is 21.3. The van der Waals surface area contributed by atoms with Gasteiger partial charge in [-0.2, -0.15) is 9.65 Å². The number of pyridine rings is 2. The molecule has 0 spiro atoms. The monoisotopic (exact) mass is 507 g/mol. The molecule has 3 aromatic rings. The van der Waals surface area contributed by atoms with Gasteiger partial charge in [-0.05, 0) is 36.5 Å². The van der Waals surface area contributed by atoms with Crippen LogP contribution in [0.15, 0.2) is 48.6 Å². The minimum Gasteiger partial charge on any atom is -0.383 e. The second kappa shape index (κ2) is 9.45. The smallest absolute Gasteiger partial charge is 0.218 e. The van der Waals surface area contributed by atoms with Gasteiger partial charge in [-0.3, -0.25) is 9.99 Å². The number of nitrogens with one attached hydrogen (secondary N) is 4. The van der Waals surface area contributed by atoms with Gasteiger partial charge in [-0.25, -0.2) is 4.98 Å². The van der Waals surface area contributed by atoms with Gasteiger partial charge in [-0.15, -0.1) is 5.53 Å². The van der Waals surface area contributed by atoms with Crippen molar-refractivity contribution in [1.29, 1.82) is 5.26 Å². The molecule has 0 amide bonds. The van der Waals surface area contributed by atoms with Crippen LogP contribution in [-0.2, 0) is 0 Å². The van der Waals surface area contributed by atoms with E-state index in [2.05, 4.69) is 58.4 Å². The van der Waals surface area contributed by atoms with Crippen molar-refractivity contribution < 1.29 is 5.76 Å². The molecule has 3 heterocycles. The van der Waals surface area contributed by atoms with E-state index in [0.717, 1.165) is 12.8 Å². The number of fused-ring (bicyclic) bond motifs is 1. The summed E-state index contributed by atoms with van der Waals surface area (Å²) in [5, 5.41) is 19.1. The van der Waals surface area contributed by atoms with E-state index in [1.54, 1.807) is 24.4 Å². The van der Waals surface area contributed by atoms with Crippen LogP contribution in [0.4, 0.5) is 15.8 Å². The van der Waals surface area contributed by atoms with Crippen LogP contribution in [0.1, 0.15) is 52.1 Å². The Hall–Kier alpha value is -3.61. The topological polar surface area (TPSA) is 101 Å². The van der Waals surface area contributed by atoms with Crippen LogP contribution in [0.3, 0.4) is 0 Å². The van der Waals surface area contributed by atoms with Crippen molar-refractivity contribution in [1.82, 2.24) is 25.9 Å². The van der Waals surface area contributed by atoms with Crippen molar-refractivity contribution in [3.63, 3.8) is 0 Å². The molecule has 0 unspecified atom stereocenters. The molecule has 0 bridgehead atoms. The van der Waals surface area contributed by atoms with Gasteiger partial charge >= 0.3 is 0 Å². The Kier molecular flexibility index (Phi) is 5.99. The average molecular weight is 508 g/mol. The van der Waals surface area contributed by atoms with Crippen molar-refractivity contribution in [3.8, 4) is 6.07 Å². The van der Waals surface area contributed by atoms with E-state index in [4.69, 9.17) is 11.6 Å². The summed E-state index contributed by atoms with van der Waals surface area (Å²) >= 11 is 6.65. The first-order chi connectivity index (χ1) is 17.6. The number of hydrazine groups is 2. The fraction of sp³-hybridized carbons (Fsp3) is 0.346. The number of aromatic nitrogens is 2. The maximum absolute atomic E-state index is 15.0. The fourth-order valence-corrected chi connectivity index (χ4v) is 4.23. The number of nitrogens with zero attached hydrogens (tertiary/aromatic N) is 4. The average Bonchev–Trinajstić information content (AvgIpc) is 3.57. The fourth-order valence-electron chi connectivity index (χ4n) is 3.96. The van der Waals surface area contributed by atoms with E-state index < -0.39 is 12.0 Å². The van der Waals surface area contributed by atoms with E-state index >= 15 is 0 Å². The molecule has 8 nitrogen and oxygen atoms in total. The molecule has 4 N–H and O–H groups in total. The lowest BCUT2D eigenvalue weighted by Crippen LogP contribution is -2.38. The third kappa shape index (κ3) is 5.01. The highest BCUT2D eigenvalue weighted by Crippen LogP contribution is 2.37. The molecule has 1 aliphatic heterocycles. The molecular weight excluding hydrogens is 479 g/mol. The zero-order chi connectivity index (χ0) is 26.4. The first-order valence-electron chi connectivity index (χ1n) is 12.3. The predicted molar refractivity (Wildman–Crippen MR) is 139 cm³/mol. The number of rotatable bonds is 7. The van der Waals surface area contributed by atoms with E-state index in [9.17, 15) is 11.0 Å². The molecule has 1 fully saturated rings. The largest absolute Gasteiger partial charge is 0.383 e. The van der Waals surface area contributed by atoms with Crippen molar-refractivity contribution in [3.05, 3.63) is 70.7 Å². The maximum Gasteiger partial charge on any atom is 0.218 e. The SMILES string of the molecule is [2H][C@](Nc1cc(Cl)c2ncc(C#N)c(NCC(C)(C)C)c2c1)(C1=CN(C2CC2)NN1)c1cccnc1F. The van der Waals surface area contributed by atoms with Crippen LogP contribution in [0, 0.1) is 22.7 Å². The second-order valence-electron chi connectivity index (χ2n) is 10.2. The molecule has 0 radical (unpaired) electrons. The normalized spacial score (nSPS) is 17.6. The number of nitriles is 1. The molecule has 10 heteroatoms. The van der Waals surface area contributed by atoms with Crippen LogP contribution < -0.4 is 21.6 Å². The van der Waals surface area contributed by atoms with Crippen molar-refractivity contribution in [2.75, 3.05) is 17.2 Å². The third-order valence-corrected chi connectivity index (χ3v) is 6.22. The Morgan fingerprint density at radius 1 is 1.36 bits per heavy atom. The van der Waals surface area contributed by atoms with Gasteiger partial charge in [-0.1, -0.05) is 38.4 Å². The minimum absolute atomic E-state index is 0.0411. The van der Waals surface area contributed by atoms with Crippen molar-refractivity contribution in [2.45, 2.75) is 45.7 Å². The number of anilines is 2. The van der Waals surface area contributed by atoms with Crippen molar-refractivity contribution in [2.24, 2.45) is 5.41 Å². The van der Waals surface area contributed by atoms with Gasteiger partial charge in [0, 0.05) is 47.8 Å². The number of benzene rings is 1. The summed E-state index contributed by atoms with van der Waals surface area (Å²) in [7, 11) is 0. The first-order valence-corrected chi connectivity index (χ1v) is 12.1. The quantitative estimate of drug-likeness (QED) is 0.322. The lowest BCUT2D eigenvalue weighted by molar-refractivity contribution is 0.260. The summed E-state index contributed by atoms with van der Waals surface area (Å²) in [6.07, 6.45) is 6.70. The highest BCUT2D eigenvalue weighted by Gasteiger charge is 2.33. The number of hydrogen-bond donors (Lipinski definition) is 4. The summed E-state index contributed by atoms with van der Waals surface area (Å²) in [5.41, 5.74) is 8.44. The highest BCUT2D eigenvalue weighted by atomic mass is 35.5. The number of hydrogen-bond acceptors (Lipinski definition) is 8. The van der Waals surface area contributed by atoms with Crippen LogP contribution in [-0.4, -0.2) is 27.6 Å².